The van der Waals surface area contributed by atoms with Crippen LogP contribution in [0.1, 0.15) is 43.0 Å². The number of morpholine rings is 2. The molecule has 0 radical (unpaired) electrons. The molecule has 0 unspecified atom stereocenters. The summed E-state index contributed by atoms with van der Waals surface area (Å²) in [7, 11) is 4.06. The molecule has 6 heterocycles. The Bertz CT molecular complexity index is 3040. The number of aromatic amines is 2. The third kappa shape index (κ3) is 14.7. The molecule has 16 nitrogen and oxygen atoms in total. The average Bonchev–Trinajstić information content (AvgIpc) is 3.49. The van der Waals surface area contributed by atoms with Crippen molar-refractivity contribution >= 4 is 34.6 Å². The lowest BCUT2D eigenvalue weighted by Crippen LogP contribution is -2.44. The molecular weight excluding hydrogens is 1050 g/mol. The van der Waals surface area contributed by atoms with Crippen LogP contribution in [0.15, 0.2) is 119 Å². The number of nitrogens with zero attached hydrogens (tertiary/aromatic N) is 6. The van der Waals surface area contributed by atoms with Gasteiger partial charge in [0.15, 0.2) is 0 Å². The highest BCUT2D eigenvalue weighted by Crippen LogP contribution is 2.38. The number of hydrogen-bond donors (Lipinski definition) is 4. The SMILES string of the molecule is CN1CCN(c2ccc(-c3cccc(CN4CCOCC4)c3)cc2NC(=O)c2c[nH]c(=O)cc2C(F)(F)F)CC1.CN1CCN(c2ccc(-c3cccc(CN4CCOCC4)c3)cc2NC(=O)c2c[nH]c(=O)cc2C(F)(F)F)CC1. The summed E-state index contributed by atoms with van der Waals surface area (Å²) in [5.41, 5.74) is 2.37. The van der Waals surface area contributed by atoms with Crippen molar-refractivity contribution in [1.29, 1.82) is 0 Å². The summed E-state index contributed by atoms with van der Waals surface area (Å²) in [4.78, 5) is 67.3. The molecule has 4 aliphatic heterocycles. The number of ether oxygens (including phenoxy) is 2. The highest BCUT2D eigenvalue weighted by molar-refractivity contribution is 6.08. The van der Waals surface area contributed by atoms with Gasteiger partial charge in [-0.2, -0.15) is 26.3 Å². The number of likely N-dealkylation sites (N-methyl/N-ethyl adjacent to an activating group) is 2. The number of nitrogens with one attached hydrogen (secondary N) is 4. The number of carbonyl (C=O) groups excluding carboxylic acids is 2. The second-order valence-electron chi connectivity index (χ2n) is 20.4. The number of anilines is 4. The van der Waals surface area contributed by atoms with Gasteiger partial charge in [-0.1, -0.05) is 48.5 Å². The van der Waals surface area contributed by atoms with Crippen molar-refractivity contribution in [3.8, 4) is 22.3 Å². The van der Waals surface area contributed by atoms with E-state index in [0.29, 0.717) is 76.1 Å². The maximum Gasteiger partial charge on any atom is 0.417 e. The van der Waals surface area contributed by atoms with E-state index < -0.39 is 57.5 Å². The Hall–Kier alpha value is -7.34. The van der Waals surface area contributed by atoms with Gasteiger partial charge in [-0.15, -0.1) is 0 Å². The van der Waals surface area contributed by atoms with E-state index in [1.54, 1.807) is 12.1 Å². The van der Waals surface area contributed by atoms with Crippen LogP contribution in [0.2, 0.25) is 0 Å². The van der Waals surface area contributed by atoms with Crippen molar-refractivity contribution in [1.82, 2.24) is 29.6 Å². The molecule has 10 rings (SSSR count). The lowest BCUT2D eigenvalue weighted by atomic mass is 10.0. The van der Waals surface area contributed by atoms with Gasteiger partial charge < -0.3 is 49.7 Å². The number of rotatable bonds is 12. The summed E-state index contributed by atoms with van der Waals surface area (Å²) in [5, 5.41) is 5.44. The van der Waals surface area contributed by atoms with E-state index in [-0.39, 0.29) is 0 Å². The zero-order valence-electron chi connectivity index (χ0n) is 44.5. The molecule has 0 atom stereocenters. The number of hydrogen-bond acceptors (Lipinski definition) is 12. The van der Waals surface area contributed by atoms with Crippen LogP contribution in [-0.4, -0.2) is 160 Å². The quantitative estimate of drug-likeness (QED) is 0.0883. The Morgan fingerprint density at radius 3 is 1.21 bits per heavy atom. The van der Waals surface area contributed by atoms with Gasteiger partial charge in [0.05, 0.1) is 71.4 Å². The van der Waals surface area contributed by atoms with Crippen LogP contribution in [0.25, 0.3) is 22.3 Å². The van der Waals surface area contributed by atoms with Gasteiger partial charge in [0.25, 0.3) is 11.8 Å². The minimum atomic E-state index is -4.86. The molecule has 4 aliphatic rings. The normalized spacial score (nSPS) is 17.1. The number of alkyl halides is 6. The van der Waals surface area contributed by atoms with Crippen LogP contribution in [0.5, 0.6) is 0 Å². The van der Waals surface area contributed by atoms with Crippen LogP contribution in [0.4, 0.5) is 49.1 Å². The minimum Gasteiger partial charge on any atom is -0.379 e. The standard InChI is InChI=1S/2C29H32F3N5O3/c2*1-35-7-9-37(10-8-35)26-6-5-22(21-4-2-3-20(15-21)19-36-11-13-40-14-12-36)16-25(26)34-28(39)23-18-33-27(38)17-24(23)29(30,31)32/h2*2-6,15-18H,7-14,19H2,1H3,(H,33,38)(H,34,39). The smallest absolute Gasteiger partial charge is 0.379 e. The fourth-order valence-electron chi connectivity index (χ4n) is 10.2. The average molecular weight is 1110 g/mol. The second-order valence-corrected chi connectivity index (χ2v) is 20.4. The summed E-state index contributed by atoms with van der Waals surface area (Å²) in [6.45, 7) is 14.0. The lowest BCUT2D eigenvalue weighted by molar-refractivity contribution is -0.138. The van der Waals surface area contributed by atoms with Crippen molar-refractivity contribution < 1.29 is 45.4 Å². The van der Waals surface area contributed by atoms with E-state index >= 15 is 0 Å². The molecule has 424 valence electrons. The van der Waals surface area contributed by atoms with Gasteiger partial charge in [0.2, 0.25) is 11.1 Å². The molecule has 0 aliphatic carbocycles. The molecule has 80 heavy (non-hydrogen) atoms. The molecule has 0 spiro atoms. The number of H-pyrrole nitrogens is 2. The van der Waals surface area contributed by atoms with E-state index in [0.717, 1.165) is 123 Å². The van der Waals surface area contributed by atoms with Gasteiger partial charge in [0, 0.05) is 116 Å². The third-order valence-electron chi connectivity index (χ3n) is 14.7. The molecule has 4 aromatic carbocycles. The largest absolute Gasteiger partial charge is 0.417 e. The molecule has 4 saturated heterocycles. The molecule has 4 fully saturated rings. The molecular formula is C58H64F6N10O6. The number of halogens is 6. The van der Waals surface area contributed by atoms with E-state index in [2.05, 4.69) is 74.3 Å². The predicted molar refractivity (Wildman–Crippen MR) is 295 cm³/mol. The predicted octanol–water partition coefficient (Wildman–Crippen LogP) is 7.79. The highest BCUT2D eigenvalue weighted by Gasteiger charge is 2.37. The topological polar surface area (TPSA) is 162 Å². The summed E-state index contributed by atoms with van der Waals surface area (Å²) in [5.74, 6) is -1.89. The monoisotopic (exact) mass is 1110 g/mol. The molecule has 0 saturated carbocycles. The first-order valence-electron chi connectivity index (χ1n) is 26.5. The number of pyridine rings is 2. The Morgan fingerprint density at radius 1 is 0.487 bits per heavy atom. The molecule has 6 aromatic rings. The highest BCUT2D eigenvalue weighted by atomic mass is 19.4. The van der Waals surface area contributed by atoms with Crippen molar-refractivity contribution in [3.63, 3.8) is 0 Å². The fraction of sp³-hybridized carbons (Fsp3) is 0.379. The molecule has 22 heteroatoms. The van der Waals surface area contributed by atoms with Crippen molar-refractivity contribution in [3.05, 3.63) is 164 Å². The van der Waals surface area contributed by atoms with E-state index in [1.807, 2.05) is 62.6 Å². The van der Waals surface area contributed by atoms with Crippen molar-refractivity contribution in [2.45, 2.75) is 25.4 Å². The second kappa shape index (κ2) is 25.4. The Kier molecular flexibility index (Phi) is 18.2. The number of amides is 2. The summed E-state index contributed by atoms with van der Waals surface area (Å²) in [6, 6.07) is 28.4. The lowest BCUT2D eigenvalue weighted by Gasteiger charge is -2.35. The Morgan fingerprint density at radius 2 is 0.850 bits per heavy atom. The van der Waals surface area contributed by atoms with Crippen LogP contribution in [0, 0.1) is 0 Å². The van der Waals surface area contributed by atoms with Gasteiger partial charge in [-0.3, -0.25) is 29.0 Å². The first-order valence-corrected chi connectivity index (χ1v) is 26.5. The van der Waals surface area contributed by atoms with Crippen LogP contribution in [-0.2, 0) is 34.9 Å². The van der Waals surface area contributed by atoms with E-state index in [9.17, 15) is 45.5 Å². The van der Waals surface area contributed by atoms with E-state index in [1.165, 1.54) is 0 Å². The fourth-order valence-corrected chi connectivity index (χ4v) is 10.2. The summed E-state index contributed by atoms with van der Waals surface area (Å²) in [6.07, 6.45) is -8.09. The van der Waals surface area contributed by atoms with Crippen molar-refractivity contribution in [2.24, 2.45) is 0 Å². The minimum absolute atomic E-state index is 0.407. The summed E-state index contributed by atoms with van der Waals surface area (Å²) < 4.78 is 92.9. The summed E-state index contributed by atoms with van der Waals surface area (Å²) >= 11 is 0. The van der Waals surface area contributed by atoms with Gasteiger partial charge in [-0.25, -0.2) is 0 Å². The zero-order valence-corrected chi connectivity index (χ0v) is 44.5. The van der Waals surface area contributed by atoms with E-state index in [4.69, 9.17) is 9.47 Å². The zero-order chi connectivity index (χ0) is 56.6. The van der Waals surface area contributed by atoms with Crippen molar-refractivity contribution in [2.75, 3.05) is 139 Å². The number of benzene rings is 4. The van der Waals surface area contributed by atoms with Crippen LogP contribution in [0.3, 0.4) is 0 Å². The van der Waals surface area contributed by atoms with Crippen LogP contribution < -0.4 is 31.6 Å². The molecule has 2 amide bonds. The Balaban J connectivity index is 0.000000194. The molecule has 2 aromatic heterocycles. The number of aromatic nitrogens is 2. The van der Waals surface area contributed by atoms with Gasteiger partial charge in [0.1, 0.15) is 0 Å². The molecule has 4 N–H and O–H groups in total. The number of piperazine rings is 2. The van der Waals surface area contributed by atoms with Gasteiger partial charge in [-0.05, 0) is 83.9 Å². The maximum absolute atomic E-state index is 13.7. The first-order chi connectivity index (χ1) is 38.3. The Labute approximate surface area is 458 Å². The maximum atomic E-state index is 13.7. The third-order valence-corrected chi connectivity index (χ3v) is 14.7. The van der Waals surface area contributed by atoms with Crippen LogP contribution >= 0.6 is 0 Å². The van der Waals surface area contributed by atoms with Gasteiger partial charge >= 0.3 is 12.4 Å². The first kappa shape index (κ1) is 57.3. The molecule has 0 bridgehead atoms. The number of carbonyl (C=O) groups is 2.